The molecule has 0 aliphatic carbocycles. The zero-order valence-corrected chi connectivity index (χ0v) is 11.4. The molecule has 58 valence electrons. The number of hydrogen-bond donors (Lipinski definition) is 1. The first-order valence-electron chi connectivity index (χ1n) is 3.56. The number of nitrogens with zero attached hydrogens (tertiary/aromatic N) is 2. The molecule has 1 heterocycles. The van der Waals surface area contributed by atoms with Crippen LogP contribution < -0.4 is 5.73 Å². The number of hydrogen-bond acceptors (Lipinski definition) is 2. The quantitative estimate of drug-likeness (QED) is 0.772. The molecule has 0 unspecified atom stereocenters. The number of rotatable bonds is 2. The molecule has 4 heteroatoms. The van der Waals surface area contributed by atoms with Crippen molar-refractivity contribution in [2.45, 2.75) is 19.3 Å². The number of imidazole rings is 1. The second kappa shape index (κ2) is 3.22. The summed E-state index contributed by atoms with van der Waals surface area (Å²) in [6, 6.07) is 0. The molecule has 0 radical (unpaired) electrons. The summed E-state index contributed by atoms with van der Waals surface area (Å²) in [5, 5.41) is 0. The van der Waals surface area contributed by atoms with E-state index in [9.17, 15) is 0 Å². The van der Waals surface area contributed by atoms with Gasteiger partial charge >= 0.3 is 83.2 Å². The average molecular weight is 343 g/mol. The Balaban J connectivity index is 2.92. The van der Waals surface area contributed by atoms with Crippen LogP contribution in [0.2, 0.25) is 0 Å². The Morgan fingerprint density at radius 2 is 2.36 bits per heavy atom. The average Bonchev–Trinajstić information content (AvgIpc) is 2.36. The first-order chi connectivity index (χ1) is 5.06. The van der Waals surface area contributed by atoms with Gasteiger partial charge < -0.3 is 0 Å². The van der Waals surface area contributed by atoms with Crippen LogP contribution in [0.5, 0.6) is 0 Å². The summed E-state index contributed by atoms with van der Waals surface area (Å²) in [6.07, 6.45) is 3.95. The van der Waals surface area contributed by atoms with E-state index in [0.717, 1.165) is 31.8 Å². The monoisotopic (exact) mass is 343 g/mol. The van der Waals surface area contributed by atoms with Crippen molar-refractivity contribution in [1.82, 2.24) is 7.36 Å². The van der Waals surface area contributed by atoms with E-state index >= 15 is 0 Å². The molecule has 0 bridgehead atoms. The summed E-state index contributed by atoms with van der Waals surface area (Å²) >= 11 is 0.801. The van der Waals surface area contributed by atoms with Gasteiger partial charge in [-0.15, -0.1) is 0 Å². The fourth-order valence-corrected chi connectivity index (χ4v) is 1.60. The molecule has 0 amide bonds. The third kappa shape index (κ3) is 2.02. The van der Waals surface area contributed by atoms with Crippen molar-refractivity contribution in [1.29, 1.82) is 0 Å². The fourth-order valence-electron chi connectivity index (χ4n) is 0.791. The van der Waals surface area contributed by atoms with Crippen molar-refractivity contribution in [3.05, 3.63) is 18.2 Å². The maximum absolute atomic E-state index is 5.61. The van der Waals surface area contributed by atoms with E-state index in [1.807, 2.05) is 6.33 Å². The molecule has 0 atom stereocenters. The molecular weight excluding hydrogens is 330 g/mol. The van der Waals surface area contributed by atoms with Gasteiger partial charge in [-0.05, 0) is 0 Å². The topological polar surface area (TPSA) is 43.8 Å². The summed E-state index contributed by atoms with van der Waals surface area (Å²) < 4.78 is 2.10. The molecular formula is C7H12N3Tl. The van der Waals surface area contributed by atoms with Crippen LogP contribution in [0.1, 0.15) is 19.5 Å². The molecule has 0 aliphatic rings. The van der Waals surface area contributed by atoms with Crippen molar-refractivity contribution >= 4 is 26.1 Å². The maximum atomic E-state index is 5.61. The third-order valence-electron chi connectivity index (χ3n) is 1.81. The van der Waals surface area contributed by atoms with E-state index < -0.39 is 0 Å². The Bertz CT molecular complexity index is 242. The van der Waals surface area contributed by atoms with Gasteiger partial charge in [0.1, 0.15) is 0 Å². The molecule has 0 spiro atoms. The van der Waals surface area contributed by atoms with Crippen LogP contribution in [0.25, 0.3) is 0 Å². The number of nitrogens with two attached hydrogens (primary N) is 1. The van der Waals surface area contributed by atoms with E-state index in [1.165, 1.54) is 0 Å². The van der Waals surface area contributed by atoms with Crippen molar-refractivity contribution in [2.75, 3.05) is 6.54 Å². The molecule has 0 aliphatic heterocycles. The van der Waals surface area contributed by atoms with E-state index in [4.69, 9.17) is 5.73 Å². The van der Waals surface area contributed by atoms with E-state index in [0.29, 0.717) is 6.54 Å². The van der Waals surface area contributed by atoms with Crippen LogP contribution >= 0.6 is 0 Å². The second-order valence-electron chi connectivity index (χ2n) is 3.29. The summed E-state index contributed by atoms with van der Waals surface area (Å²) in [5.74, 6) is 0. The molecule has 0 saturated heterocycles. The predicted molar refractivity (Wildman–Crippen MR) is 45.5 cm³/mol. The molecule has 3 nitrogen and oxygen atoms in total. The Morgan fingerprint density at radius 3 is 2.73 bits per heavy atom. The molecule has 11 heavy (non-hydrogen) atoms. The fraction of sp³-hybridized carbons (Fsp3) is 0.571. The van der Waals surface area contributed by atoms with E-state index in [-0.39, 0.29) is 5.41 Å². The Hall–Kier alpha value is 0.0921. The zero-order chi connectivity index (χ0) is 8.48. The van der Waals surface area contributed by atoms with Crippen LogP contribution in [-0.2, 0) is 5.41 Å². The molecule has 1 aromatic rings. The van der Waals surface area contributed by atoms with Gasteiger partial charge in [0.05, 0.1) is 0 Å². The van der Waals surface area contributed by atoms with Crippen molar-refractivity contribution < 1.29 is 0 Å². The second-order valence-corrected chi connectivity index (χ2v) is 5.61. The first-order valence-corrected chi connectivity index (χ1v) is 5.56. The SMILES string of the molecule is CC(C)(CN)c1c[n]([Tl])cn1. The Labute approximate surface area is 83.1 Å². The van der Waals surface area contributed by atoms with Crippen LogP contribution in [-0.4, -0.2) is 40.0 Å². The minimum atomic E-state index is 0.0279. The standard InChI is InChI=1S/C7H12N3.Tl/c1-7(2,4-8)6-3-9-5-10-6;/h3,5H,4,8H2,1-2H3;/q-1;+1. The van der Waals surface area contributed by atoms with Crippen molar-refractivity contribution in [3.8, 4) is 0 Å². The molecule has 0 saturated carbocycles. The molecule has 1 aromatic heterocycles. The van der Waals surface area contributed by atoms with Gasteiger partial charge in [0.25, 0.3) is 0 Å². The van der Waals surface area contributed by atoms with Crippen LogP contribution in [0.3, 0.4) is 0 Å². The first kappa shape index (κ1) is 9.18. The van der Waals surface area contributed by atoms with E-state index in [1.54, 1.807) is 0 Å². The molecule has 0 fully saturated rings. The summed E-state index contributed by atoms with van der Waals surface area (Å²) in [7, 11) is 0. The van der Waals surface area contributed by atoms with Gasteiger partial charge in [-0.3, -0.25) is 0 Å². The van der Waals surface area contributed by atoms with Gasteiger partial charge in [-0.2, -0.15) is 0 Å². The van der Waals surface area contributed by atoms with Crippen LogP contribution in [0.15, 0.2) is 12.5 Å². The molecule has 0 aromatic carbocycles. The summed E-state index contributed by atoms with van der Waals surface area (Å²) in [5.41, 5.74) is 6.74. The Morgan fingerprint density at radius 1 is 1.73 bits per heavy atom. The minimum absolute atomic E-state index is 0.0279. The van der Waals surface area contributed by atoms with E-state index in [2.05, 4.69) is 27.4 Å². The van der Waals surface area contributed by atoms with Crippen LogP contribution in [0.4, 0.5) is 0 Å². The predicted octanol–water partition coefficient (Wildman–Crippen LogP) is 0.0510. The van der Waals surface area contributed by atoms with Gasteiger partial charge in [0.2, 0.25) is 0 Å². The molecule has 1 rings (SSSR count). The van der Waals surface area contributed by atoms with Crippen LogP contribution in [0, 0.1) is 0 Å². The normalized spacial score (nSPS) is 11.8. The number of aromatic nitrogens is 2. The van der Waals surface area contributed by atoms with Crippen molar-refractivity contribution in [3.63, 3.8) is 0 Å². The summed E-state index contributed by atoms with van der Waals surface area (Å²) in [6.45, 7) is 4.87. The van der Waals surface area contributed by atoms with Gasteiger partial charge in [0.15, 0.2) is 0 Å². The van der Waals surface area contributed by atoms with Gasteiger partial charge in [-0.25, -0.2) is 0 Å². The molecule has 2 N–H and O–H groups in total. The Kier molecular flexibility index (Phi) is 2.69. The summed E-state index contributed by atoms with van der Waals surface area (Å²) in [4.78, 5) is 4.28. The zero-order valence-electron chi connectivity index (χ0n) is 6.91. The van der Waals surface area contributed by atoms with Gasteiger partial charge in [0, 0.05) is 0 Å². The van der Waals surface area contributed by atoms with Crippen molar-refractivity contribution in [2.24, 2.45) is 5.73 Å². The third-order valence-corrected chi connectivity index (χ3v) is 2.90. The van der Waals surface area contributed by atoms with Gasteiger partial charge in [-0.1, -0.05) is 0 Å².